The summed E-state index contributed by atoms with van der Waals surface area (Å²) in [6, 6.07) is 17.0. The third kappa shape index (κ3) is 4.22. The van der Waals surface area contributed by atoms with Gasteiger partial charge in [0, 0.05) is 29.3 Å². The molecule has 7 nitrogen and oxygen atoms in total. The van der Waals surface area contributed by atoms with E-state index in [1.54, 1.807) is 42.1 Å². The minimum atomic E-state index is -0.652. The minimum Gasteiger partial charge on any atom is -0.308 e. The van der Waals surface area contributed by atoms with Gasteiger partial charge >= 0.3 is 6.03 Å². The molecule has 0 spiro atoms. The highest BCUT2D eigenvalue weighted by atomic mass is 16.5. The molecule has 4 N–H and O–H groups in total. The number of aromatic nitrogens is 1. The van der Waals surface area contributed by atoms with Gasteiger partial charge in [-0.3, -0.25) is 15.0 Å². The maximum absolute atomic E-state index is 12.1. The van der Waals surface area contributed by atoms with E-state index in [2.05, 4.69) is 15.6 Å². The summed E-state index contributed by atoms with van der Waals surface area (Å²) >= 11 is 0. The predicted octanol–water partition coefficient (Wildman–Crippen LogP) is 3.51. The van der Waals surface area contributed by atoms with Gasteiger partial charge in [0.05, 0.1) is 0 Å². The monoisotopic (exact) mass is 348 g/mol. The van der Waals surface area contributed by atoms with E-state index >= 15 is 0 Å². The Hall–Kier alpha value is -3.71. The predicted molar refractivity (Wildman–Crippen MR) is 98.0 cm³/mol. The molecule has 0 atom stereocenters. The molecule has 1 aromatic heterocycles. The number of rotatable bonds is 4. The van der Waals surface area contributed by atoms with Crippen LogP contribution >= 0.6 is 0 Å². The van der Waals surface area contributed by atoms with Gasteiger partial charge in [-0.25, -0.2) is 10.3 Å². The smallest absolute Gasteiger partial charge is 0.308 e. The van der Waals surface area contributed by atoms with Gasteiger partial charge in [0.15, 0.2) is 0 Å². The second kappa shape index (κ2) is 7.91. The zero-order chi connectivity index (χ0) is 18.4. The van der Waals surface area contributed by atoms with Crippen molar-refractivity contribution in [3.8, 4) is 11.1 Å². The zero-order valence-electron chi connectivity index (χ0n) is 13.6. The lowest BCUT2D eigenvalue weighted by atomic mass is 10.1. The summed E-state index contributed by atoms with van der Waals surface area (Å²) in [6.07, 6.45) is 3.44. The molecule has 0 saturated heterocycles. The van der Waals surface area contributed by atoms with E-state index in [0.717, 1.165) is 11.1 Å². The van der Waals surface area contributed by atoms with Gasteiger partial charge in [0.25, 0.3) is 5.91 Å². The highest BCUT2D eigenvalue weighted by Crippen LogP contribution is 2.20. The van der Waals surface area contributed by atoms with Crippen LogP contribution in [0.1, 0.15) is 10.4 Å². The van der Waals surface area contributed by atoms with Crippen molar-refractivity contribution < 1.29 is 14.8 Å². The highest BCUT2D eigenvalue weighted by molar-refractivity contribution is 6.01. The number of urea groups is 1. The Morgan fingerprint density at radius 3 is 2.15 bits per heavy atom. The number of nitrogens with zero attached hydrogens (tertiary/aromatic N) is 1. The number of carbonyl (C=O) groups excluding carboxylic acids is 2. The molecule has 0 aliphatic carbocycles. The Morgan fingerprint density at radius 2 is 1.46 bits per heavy atom. The highest BCUT2D eigenvalue weighted by Gasteiger charge is 2.07. The number of nitrogens with one attached hydrogen (secondary N) is 3. The zero-order valence-corrected chi connectivity index (χ0v) is 13.6. The maximum atomic E-state index is 12.1. The molecule has 2 aromatic carbocycles. The first kappa shape index (κ1) is 17.1. The molecule has 3 aromatic rings. The lowest BCUT2D eigenvalue weighted by Gasteiger charge is -2.09. The van der Waals surface area contributed by atoms with Crippen molar-refractivity contribution in [2.24, 2.45) is 0 Å². The fourth-order valence-electron chi connectivity index (χ4n) is 2.39. The first-order valence-corrected chi connectivity index (χ1v) is 7.79. The van der Waals surface area contributed by atoms with Crippen LogP contribution in [0.25, 0.3) is 11.1 Å². The quantitative estimate of drug-likeness (QED) is 0.428. The van der Waals surface area contributed by atoms with E-state index in [9.17, 15) is 9.59 Å². The molecule has 0 fully saturated rings. The standard InChI is InChI=1S/C19H16N4O3/c24-18(23-26)15-2-1-3-17(12-15)22-19(25)21-16-6-4-13(5-7-16)14-8-10-20-11-9-14/h1-12,26H,(H,23,24)(H2,21,22,25). The van der Waals surface area contributed by atoms with Crippen LogP contribution < -0.4 is 16.1 Å². The van der Waals surface area contributed by atoms with Crippen LogP contribution in [0.4, 0.5) is 16.2 Å². The van der Waals surface area contributed by atoms with Crippen molar-refractivity contribution in [3.05, 3.63) is 78.6 Å². The number of anilines is 2. The van der Waals surface area contributed by atoms with Crippen molar-refractivity contribution in [2.75, 3.05) is 10.6 Å². The third-order valence-electron chi connectivity index (χ3n) is 3.64. The van der Waals surface area contributed by atoms with Gasteiger partial charge in [0.1, 0.15) is 0 Å². The van der Waals surface area contributed by atoms with Crippen LogP contribution in [-0.2, 0) is 0 Å². The second-order valence-electron chi connectivity index (χ2n) is 5.41. The number of benzene rings is 2. The van der Waals surface area contributed by atoms with Crippen molar-refractivity contribution in [1.82, 2.24) is 10.5 Å². The first-order valence-electron chi connectivity index (χ1n) is 7.79. The SMILES string of the molecule is O=C(Nc1ccc(-c2ccncc2)cc1)Nc1cccc(C(=O)NO)c1. The lowest BCUT2D eigenvalue weighted by molar-refractivity contribution is 0.0706. The Balaban J connectivity index is 1.64. The number of hydrogen-bond acceptors (Lipinski definition) is 4. The topological polar surface area (TPSA) is 103 Å². The number of hydrogen-bond donors (Lipinski definition) is 4. The van der Waals surface area contributed by atoms with Gasteiger partial charge < -0.3 is 10.6 Å². The van der Waals surface area contributed by atoms with Crippen molar-refractivity contribution >= 4 is 23.3 Å². The Bertz CT molecular complexity index is 912. The fraction of sp³-hybridized carbons (Fsp3) is 0. The molecule has 7 heteroatoms. The number of carbonyl (C=O) groups is 2. The lowest BCUT2D eigenvalue weighted by Crippen LogP contribution is -2.21. The van der Waals surface area contributed by atoms with Crippen LogP contribution in [0.2, 0.25) is 0 Å². The van der Waals surface area contributed by atoms with E-state index in [0.29, 0.717) is 11.4 Å². The summed E-state index contributed by atoms with van der Waals surface area (Å²) in [7, 11) is 0. The van der Waals surface area contributed by atoms with Crippen molar-refractivity contribution in [2.45, 2.75) is 0 Å². The summed E-state index contributed by atoms with van der Waals surface area (Å²) in [4.78, 5) is 27.5. The molecule has 0 aliphatic rings. The van der Waals surface area contributed by atoms with E-state index in [1.165, 1.54) is 12.1 Å². The Labute approximate surface area is 149 Å². The molecule has 3 rings (SSSR count). The summed E-state index contributed by atoms with van der Waals surface area (Å²) in [5.41, 5.74) is 4.89. The molecular formula is C19H16N4O3. The van der Waals surface area contributed by atoms with Crippen LogP contribution in [0.3, 0.4) is 0 Å². The van der Waals surface area contributed by atoms with Gasteiger partial charge in [-0.2, -0.15) is 0 Å². The van der Waals surface area contributed by atoms with E-state index in [-0.39, 0.29) is 5.56 Å². The summed E-state index contributed by atoms with van der Waals surface area (Å²) < 4.78 is 0. The number of amides is 3. The largest absolute Gasteiger partial charge is 0.323 e. The second-order valence-corrected chi connectivity index (χ2v) is 5.41. The van der Waals surface area contributed by atoms with Gasteiger partial charge in [-0.05, 0) is 53.6 Å². The fourth-order valence-corrected chi connectivity index (χ4v) is 2.39. The summed E-state index contributed by atoms with van der Waals surface area (Å²) in [5.74, 6) is -0.652. The van der Waals surface area contributed by atoms with Crippen molar-refractivity contribution in [1.29, 1.82) is 0 Å². The molecule has 0 aliphatic heterocycles. The van der Waals surface area contributed by atoms with E-state index in [4.69, 9.17) is 5.21 Å². The Morgan fingerprint density at radius 1 is 0.808 bits per heavy atom. The molecule has 130 valence electrons. The third-order valence-corrected chi connectivity index (χ3v) is 3.64. The molecular weight excluding hydrogens is 332 g/mol. The first-order chi connectivity index (χ1) is 12.7. The average Bonchev–Trinajstić information content (AvgIpc) is 2.68. The van der Waals surface area contributed by atoms with Crippen LogP contribution in [0, 0.1) is 0 Å². The normalized spacial score (nSPS) is 10.0. The van der Waals surface area contributed by atoms with Gasteiger partial charge in [0.2, 0.25) is 0 Å². The van der Waals surface area contributed by atoms with Crippen molar-refractivity contribution in [3.63, 3.8) is 0 Å². The van der Waals surface area contributed by atoms with E-state index < -0.39 is 11.9 Å². The molecule has 1 heterocycles. The molecule has 0 unspecified atom stereocenters. The van der Waals surface area contributed by atoms with Gasteiger partial charge in [-0.1, -0.05) is 18.2 Å². The molecule has 3 amide bonds. The van der Waals surface area contributed by atoms with E-state index in [1.807, 2.05) is 24.3 Å². The number of pyridine rings is 1. The van der Waals surface area contributed by atoms with Gasteiger partial charge in [-0.15, -0.1) is 0 Å². The van der Waals surface area contributed by atoms with Crippen LogP contribution in [-0.4, -0.2) is 22.1 Å². The van der Waals surface area contributed by atoms with Crippen LogP contribution in [0.5, 0.6) is 0 Å². The Kier molecular flexibility index (Phi) is 5.21. The summed E-state index contributed by atoms with van der Waals surface area (Å²) in [5, 5.41) is 14.0. The summed E-state index contributed by atoms with van der Waals surface area (Å²) in [6.45, 7) is 0. The molecule has 0 radical (unpaired) electrons. The molecule has 0 bridgehead atoms. The maximum Gasteiger partial charge on any atom is 0.323 e. The minimum absolute atomic E-state index is 0.229. The molecule has 26 heavy (non-hydrogen) atoms. The van der Waals surface area contributed by atoms with Crippen LogP contribution in [0.15, 0.2) is 73.1 Å². The molecule has 0 saturated carbocycles. The number of hydroxylamine groups is 1. The average molecular weight is 348 g/mol.